The Bertz CT molecular complexity index is 630. The number of phenolic OH excluding ortho intramolecular Hbond substituents is 1. The van der Waals surface area contributed by atoms with Gasteiger partial charge in [0.05, 0.1) is 17.8 Å². The van der Waals surface area contributed by atoms with Gasteiger partial charge in [-0.25, -0.2) is 0 Å². The molecule has 0 aliphatic heterocycles. The van der Waals surface area contributed by atoms with E-state index < -0.39 is 0 Å². The first kappa shape index (κ1) is 14.8. The Morgan fingerprint density at radius 2 is 1.90 bits per heavy atom. The van der Waals surface area contributed by atoms with Crippen LogP contribution in [0.2, 0.25) is 10.0 Å². The van der Waals surface area contributed by atoms with E-state index in [4.69, 9.17) is 27.9 Å². The largest absolute Gasteiger partial charge is 0.506 e. The molecule has 0 amide bonds. The number of benzene rings is 2. The Balaban J connectivity index is 2.18. The molecule has 3 nitrogen and oxygen atoms in total. The molecule has 0 atom stereocenters. The Hall–Kier alpha value is -1.58. The molecule has 0 aliphatic rings. The van der Waals surface area contributed by atoms with Gasteiger partial charge in [-0.1, -0.05) is 29.3 Å². The van der Waals surface area contributed by atoms with Crippen LogP contribution in [0.25, 0.3) is 0 Å². The van der Waals surface area contributed by atoms with Crippen LogP contribution in [0.3, 0.4) is 0 Å². The van der Waals surface area contributed by atoms with Gasteiger partial charge in [0.15, 0.2) is 0 Å². The predicted molar refractivity (Wildman–Crippen MR) is 83.2 cm³/mol. The first-order valence-electron chi connectivity index (χ1n) is 6.06. The van der Waals surface area contributed by atoms with E-state index in [1.54, 1.807) is 25.3 Å². The minimum Gasteiger partial charge on any atom is -0.506 e. The van der Waals surface area contributed by atoms with Gasteiger partial charge < -0.3 is 15.2 Å². The molecule has 0 spiro atoms. The molecule has 0 fully saturated rings. The molecule has 5 heteroatoms. The highest BCUT2D eigenvalue weighted by atomic mass is 35.5. The van der Waals surface area contributed by atoms with Crippen molar-refractivity contribution in [2.75, 3.05) is 12.4 Å². The van der Waals surface area contributed by atoms with Crippen molar-refractivity contribution in [1.82, 2.24) is 0 Å². The van der Waals surface area contributed by atoms with Crippen LogP contribution in [0.5, 0.6) is 11.5 Å². The fraction of sp³-hybridized carbons (Fsp3) is 0.200. The zero-order valence-corrected chi connectivity index (χ0v) is 12.7. The highest BCUT2D eigenvalue weighted by Crippen LogP contribution is 2.31. The first-order chi connectivity index (χ1) is 9.51. The second-order valence-electron chi connectivity index (χ2n) is 4.44. The number of rotatable bonds is 4. The molecule has 2 N–H and O–H groups in total. The zero-order chi connectivity index (χ0) is 14.7. The van der Waals surface area contributed by atoms with Gasteiger partial charge in [0, 0.05) is 17.6 Å². The molecule has 0 aliphatic carbocycles. The summed E-state index contributed by atoms with van der Waals surface area (Å²) in [6.07, 6.45) is 0. The quantitative estimate of drug-likeness (QED) is 0.865. The fourth-order valence-electron chi connectivity index (χ4n) is 1.83. The normalized spacial score (nSPS) is 10.4. The lowest BCUT2D eigenvalue weighted by molar-refractivity contribution is 0.416. The molecule has 0 heterocycles. The summed E-state index contributed by atoms with van der Waals surface area (Å²) < 4.78 is 5.30. The predicted octanol–water partition coefficient (Wildman–Crippen LogP) is 4.63. The van der Waals surface area contributed by atoms with Crippen molar-refractivity contribution in [3.05, 3.63) is 51.5 Å². The molecule has 0 aromatic heterocycles. The monoisotopic (exact) mass is 311 g/mol. The van der Waals surface area contributed by atoms with Gasteiger partial charge in [-0.05, 0) is 36.2 Å². The van der Waals surface area contributed by atoms with Gasteiger partial charge in [0.2, 0.25) is 0 Å². The number of nitrogens with one attached hydrogen (secondary N) is 1. The average molecular weight is 312 g/mol. The summed E-state index contributed by atoms with van der Waals surface area (Å²) in [5, 5.41) is 13.7. The second kappa shape index (κ2) is 6.25. The molecule has 0 unspecified atom stereocenters. The number of hydrogen-bond acceptors (Lipinski definition) is 3. The van der Waals surface area contributed by atoms with Crippen LogP contribution in [0.4, 0.5) is 5.69 Å². The van der Waals surface area contributed by atoms with E-state index in [0.717, 1.165) is 16.8 Å². The van der Waals surface area contributed by atoms with Crippen molar-refractivity contribution >= 4 is 28.9 Å². The molecule has 2 aromatic rings. The van der Waals surface area contributed by atoms with Crippen molar-refractivity contribution in [2.24, 2.45) is 0 Å². The third kappa shape index (κ3) is 3.30. The van der Waals surface area contributed by atoms with Crippen LogP contribution in [0, 0.1) is 6.92 Å². The zero-order valence-electron chi connectivity index (χ0n) is 11.2. The van der Waals surface area contributed by atoms with Gasteiger partial charge in [-0.2, -0.15) is 0 Å². The third-order valence-corrected chi connectivity index (χ3v) is 3.69. The van der Waals surface area contributed by atoms with Gasteiger partial charge in [-0.3, -0.25) is 0 Å². The standard InChI is InChI=1S/C15H15Cl2NO2/c1-9-5-13(15(20-2)7-11(9)16)18-8-10-3-4-14(19)12(17)6-10/h3-7,18-19H,8H2,1-2H3. The van der Waals surface area contributed by atoms with Crippen LogP contribution in [0.1, 0.15) is 11.1 Å². The van der Waals surface area contributed by atoms with Crippen molar-refractivity contribution in [2.45, 2.75) is 13.5 Å². The van der Waals surface area contributed by atoms with Crippen LogP contribution >= 0.6 is 23.2 Å². The molecule has 0 saturated heterocycles. The first-order valence-corrected chi connectivity index (χ1v) is 6.82. The van der Waals surface area contributed by atoms with E-state index >= 15 is 0 Å². The number of methoxy groups -OCH3 is 1. The maximum atomic E-state index is 9.39. The summed E-state index contributed by atoms with van der Waals surface area (Å²) in [6, 6.07) is 8.82. The van der Waals surface area contributed by atoms with E-state index in [9.17, 15) is 5.11 Å². The van der Waals surface area contributed by atoms with Crippen molar-refractivity contribution in [3.63, 3.8) is 0 Å². The molecule has 20 heavy (non-hydrogen) atoms. The molecular weight excluding hydrogens is 297 g/mol. The van der Waals surface area contributed by atoms with Gasteiger partial charge in [-0.15, -0.1) is 0 Å². The SMILES string of the molecule is COc1cc(Cl)c(C)cc1NCc1ccc(O)c(Cl)c1. The van der Waals surface area contributed by atoms with Crippen LogP contribution in [-0.2, 0) is 6.54 Å². The maximum absolute atomic E-state index is 9.39. The number of ether oxygens (including phenoxy) is 1. The van der Waals surface area contributed by atoms with Crippen molar-refractivity contribution in [3.8, 4) is 11.5 Å². The highest BCUT2D eigenvalue weighted by Gasteiger charge is 2.07. The average Bonchev–Trinajstić information content (AvgIpc) is 2.43. The molecule has 106 valence electrons. The highest BCUT2D eigenvalue weighted by molar-refractivity contribution is 6.32. The summed E-state index contributed by atoms with van der Waals surface area (Å²) >= 11 is 11.9. The molecule has 0 saturated carbocycles. The minimum atomic E-state index is 0.0790. The van der Waals surface area contributed by atoms with Gasteiger partial charge in [0.25, 0.3) is 0 Å². The van der Waals surface area contributed by atoms with E-state index in [-0.39, 0.29) is 5.75 Å². The van der Waals surface area contributed by atoms with Gasteiger partial charge in [0.1, 0.15) is 11.5 Å². The molecule has 0 radical (unpaired) electrons. The lowest BCUT2D eigenvalue weighted by Gasteiger charge is -2.13. The van der Waals surface area contributed by atoms with Crippen molar-refractivity contribution in [1.29, 1.82) is 0 Å². The number of aromatic hydroxyl groups is 1. The lowest BCUT2D eigenvalue weighted by Crippen LogP contribution is -2.02. The van der Waals surface area contributed by atoms with E-state index in [1.807, 2.05) is 19.1 Å². The Labute approximate surface area is 128 Å². The van der Waals surface area contributed by atoms with E-state index in [2.05, 4.69) is 5.32 Å². The molecule has 2 rings (SSSR count). The van der Waals surface area contributed by atoms with Crippen LogP contribution in [-0.4, -0.2) is 12.2 Å². The lowest BCUT2D eigenvalue weighted by atomic mass is 10.1. The molecular formula is C15H15Cl2NO2. The summed E-state index contributed by atoms with van der Waals surface area (Å²) in [4.78, 5) is 0. The third-order valence-electron chi connectivity index (χ3n) is 2.98. The maximum Gasteiger partial charge on any atom is 0.143 e. The van der Waals surface area contributed by atoms with E-state index in [1.165, 1.54) is 0 Å². The summed E-state index contributed by atoms with van der Waals surface area (Å²) in [7, 11) is 1.60. The Morgan fingerprint density at radius 1 is 1.15 bits per heavy atom. The van der Waals surface area contributed by atoms with Gasteiger partial charge >= 0.3 is 0 Å². The second-order valence-corrected chi connectivity index (χ2v) is 5.26. The number of aryl methyl sites for hydroxylation is 1. The van der Waals surface area contributed by atoms with Crippen LogP contribution in [0.15, 0.2) is 30.3 Å². The summed E-state index contributed by atoms with van der Waals surface area (Å²) in [6.45, 7) is 2.50. The van der Waals surface area contributed by atoms with Crippen LogP contribution < -0.4 is 10.1 Å². The molecule has 0 bridgehead atoms. The smallest absolute Gasteiger partial charge is 0.143 e. The number of phenols is 1. The Kier molecular flexibility index (Phi) is 4.63. The Morgan fingerprint density at radius 3 is 2.55 bits per heavy atom. The molecule has 2 aromatic carbocycles. The number of anilines is 1. The topological polar surface area (TPSA) is 41.5 Å². The van der Waals surface area contributed by atoms with E-state index in [0.29, 0.717) is 22.3 Å². The number of hydrogen-bond donors (Lipinski definition) is 2. The van der Waals surface area contributed by atoms with Crippen molar-refractivity contribution < 1.29 is 9.84 Å². The minimum absolute atomic E-state index is 0.0790. The fourth-order valence-corrected chi connectivity index (χ4v) is 2.18. The number of halogens is 2. The summed E-state index contributed by atoms with van der Waals surface area (Å²) in [5.41, 5.74) is 2.79. The summed E-state index contributed by atoms with van der Waals surface area (Å²) in [5.74, 6) is 0.765.